The molecule has 0 aliphatic carbocycles. The maximum atomic E-state index is 12.9. The van der Waals surface area contributed by atoms with Gasteiger partial charge in [-0.15, -0.1) is 0 Å². The van der Waals surface area contributed by atoms with Crippen molar-refractivity contribution in [1.82, 2.24) is 9.29 Å². The van der Waals surface area contributed by atoms with Gasteiger partial charge >= 0.3 is 5.97 Å². The Morgan fingerprint density at radius 3 is 2.38 bits per heavy atom. The number of carbonyl (C=O) groups excluding carboxylic acids is 1. The standard InChI is InChI=1S/C15H15Cl2N3O4S2/c1-24-14(21)12-9-18-15(25-12)19-5-7-20(8-6-19)26(22,23)13-10(16)3-2-4-11(13)17/h2-4,9H,5-8H2,1H3. The van der Waals surface area contributed by atoms with Gasteiger partial charge in [0.05, 0.1) is 23.4 Å². The summed E-state index contributed by atoms with van der Waals surface area (Å²) in [5.74, 6) is -0.441. The van der Waals surface area contributed by atoms with Crippen LogP contribution in [0.4, 0.5) is 5.13 Å². The SMILES string of the molecule is COC(=O)c1cnc(N2CCN(S(=O)(=O)c3c(Cl)cccc3Cl)CC2)s1. The van der Waals surface area contributed by atoms with Gasteiger partial charge in [-0.25, -0.2) is 18.2 Å². The molecule has 0 unspecified atom stereocenters. The van der Waals surface area contributed by atoms with Gasteiger partial charge in [0.15, 0.2) is 5.13 Å². The number of ether oxygens (including phenoxy) is 1. The lowest BCUT2D eigenvalue weighted by molar-refractivity contribution is 0.0606. The largest absolute Gasteiger partial charge is 0.465 e. The van der Waals surface area contributed by atoms with Gasteiger partial charge in [0.1, 0.15) is 9.77 Å². The van der Waals surface area contributed by atoms with Gasteiger partial charge in [0.25, 0.3) is 0 Å². The molecule has 1 aromatic carbocycles. The van der Waals surface area contributed by atoms with Crippen LogP contribution < -0.4 is 4.90 Å². The molecule has 0 N–H and O–H groups in total. The van der Waals surface area contributed by atoms with Crippen LogP contribution in [-0.2, 0) is 14.8 Å². The number of sulfonamides is 1. The number of methoxy groups -OCH3 is 1. The number of hydrogen-bond donors (Lipinski definition) is 0. The number of thiazole rings is 1. The second kappa shape index (κ2) is 7.69. The Labute approximate surface area is 165 Å². The van der Waals surface area contributed by atoms with Crippen LogP contribution >= 0.6 is 34.5 Å². The van der Waals surface area contributed by atoms with Crippen LogP contribution in [0.2, 0.25) is 10.0 Å². The Morgan fingerprint density at radius 2 is 1.81 bits per heavy atom. The smallest absolute Gasteiger partial charge is 0.349 e. The first-order valence-electron chi connectivity index (χ1n) is 7.58. The zero-order chi connectivity index (χ0) is 18.9. The van der Waals surface area contributed by atoms with Gasteiger partial charge in [0, 0.05) is 26.2 Å². The van der Waals surface area contributed by atoms with Crippen molar-refractivity contribution in [2.24, 2.45) is 0 Å². The van der Waals surface area contributed by atoms with E-state index >= 15 is 0 Å². The van der Waals surface area contributed by atoms with Gasteiger partial charge in [-0.1, -0.05) is 40.6 Å². The van der Waals surface area contributed by atoms with E-state index in [2.05, 4.69) is 9.72 Å². The molecule has 1 aliphatic heterocycles. The number of esters is 1. The highest BCUT2D eigenvalue weighted by molar-refractivity contribution is 7.89. The number of halogens is 2. The molecule has 11 heteroatoms. The van der Waals surface area contributed by atoms with Crippen molar-refractivity contribution in [2.45, 2.75) is 4.90 Å². The fourth-order valence-electron chi connectivity index (χ4n) is 2.58. The molecule has 0 amide bonds. The molecule has 0 spiro atoms. The van der Waals surface area contributed by atoms with Gasteiger partial charge in [-0.05, 0) is 12.1 Å². The van der Waals surface area contributed by atoms with Crippen molar-refractivity contribution < 1.29 is 17.9 Å². The average Bonchev–Trinajstić information content (AvgIpc) is 3.11. The number of anilines is 1. The number of rotatable bonds is 4. The van der Waals surface area contributed by atoms with Crippen LogP contribution in [0, 0.1) is 0 Å². The maximum Gasteiger partial charge on any atom is 0.349 e. The van der Waals surface area contributed by atoms with E-state index in [0.29, 0.717) is 23.1 Å². The molecule has 1 aliphatic rings. The highest BCUT2D eigenvalue weighted by Gasteiger charge is 2.32. The number of hydrogen-bond acceptors (Lipinski definition) is 7. The van der Waals surface area contributed by atoms with E-state index in [0.717, 1.165) is 0 Å². The van der Waals surface area contributed by atoms with Gasteiger partial charge in [-0.3, -0.25) is 0 Å². The molecule has 0 bridgehead atoms. The minimum Gasteiger partial charge on any atom is -0.465 e. The Morgan fingerprint density at radius 1 is 1.19 bits per heavy atom. The highest BCUT2D eigenvalue weighted by Crippen LogP contribution is 2.32. The summed E-state index contributed by atoms with van der Waals surface area (Å²) < 4.78 is 31.8. The summed E-state index contributed by atoms with van der Waals surface area (Å²) in [5, 5.41) is 0.850. The second-order valence-corrected chi connectivity index (χ2v) is 9.14. The molecule has 140 valence electrons. The van der Waals surface area contributed by atoms with E-state index < -0.39 is 16.0 Å². The van der Waals surface area contributed by atoms with E-state index in [-0.39, 0.29) is 28.0 Å². The first-order valence-corrected chi connectivity index (χ1v) is 10.6. The Hall–Kier alpha value is -1.39. The van der Waals surface area contributed by atoms with Gasteiger partial charge in [-0.2, -0.15) is 4.31 Å². The summed E-state index contributed by atoms with van der Waals surface area (Å²) in [6.45, 7) is 1.40. The Kier molecular flexibility index (Phi) is 5.73. The molecule has 2 heterocycles. The molecule has 0 atom stereocenters. The van der Waals surface area contributed by atoms with E-state index in [9.17, 15) is 13.2 Å². The first kappa shape index (κ1) is 19.4. The summed E-state index contributed by atoms with van der Waals surface area (Å²) in [7, 11) is -2.48. The van der Waals surface area contributed by atoms with Crippen LogP contribution in [0.3, 0.4) is 0 Å². The molecule has 2 aromatic rings. The summed E-state index contributed by atoms with van der Waals surface area (Å²) in [5.41, 5.74) is 0. The summed E-state index contributed by atoms with van der Waals surface area (Å²) >= 11 is 13.3. The van der Waals surface area contributed by atoms with Crippen molar-refractivity contribution in [3.63, 3.8) is 0 Å². The van der Waals surface area contributed by atoms with E-state index in [4.69, 9.17) is 23.2 Å². The maximum absolute atomic E-state index is 12.9. The van der Waals surface area contributed by atoms with Crippen molar-refractivity contribution in [2.75, 3.05) is 38.2 Å². The molecule has 1 fully saturated rings. The predicted molar refractivity (Wildman–Crippen MR) is 101 cm³/mol. The normalized spacial score (nSPS) is 15.9. The minimum absolute atomic E-state index is 0.0704. The topological polar surface area (TPSA) is 79.8 Å². The lowest BCUT2D eigenvalue weighted by Crippen LogP contribution is -2.48. The molecule has 7 nitrogen and oxygen atoms in total. The zero-order valence-electron chi connectivity index (χ0n) is 13.7. The number of piperazine rings is 1. The Bertz CT molecular complexity index is 904. The fourth-order valence-corrected chi connectivity index (χ4v) is 5.98. The molecular weight excluding hydrogens is 421 g/mol. The monoisotopic (exact) mass is 435 g/mol. The van der Waals surface area contributed by atoms with Crippen LogP contribution in [-0.4, -0.2) is 57.0 Å². The Balaban J connectivity index is 1.74. The molecule has 1 aromatic heterocycles. The third-order valence-electron chi connectivity index (χ3n) is 3.91. The van der Waals surface area contributed by atoms with E-state index in [1.807, 2.05) is 4.90 Å². The highest BCUT2D eigenvalue weighted by atomic mass is 35.5. The third-order valence-corrected chi connectivity index (χ3v) is 7.80. The molecule has 3 rings (SSSR count). The van der Waals surface area contributed by atoms with Crippen molar-refractivity contribution >= 4 is 55.7 Å². The van der Waals surface area contributed by atoms with Crippen LogP contribution in [0.15, 0.2) is 29.3 Å². The van der Waals surface area contributed by atoms with E-state index in [1.54, 1.807) is 6.07 Å². The van der Waals surface area contributed by atoms with Gasteiger partial charge < -0.3 is 9.64 Å². The van der Waals surface area contributed by atoms with Crippen LogP contribution in [0.25, 0.3) is 0 Å². The number of nitrogens with zero attached hydrogens (tertiary/aromatic N) is 3. The van der Waals surface area contributed by atoms with E-state index in [1.165, 1.54) is 41.1 Å². The summed E-state index contributed by atoms with van der Waals surface area (Å²) in [6.07, 6.45) is 1.46. The quantitative estimate of drug-likeness (QED) is 0.686. The summed E-state index contributed by atoms with van der Waals surface area (Å²) in [4.78, 5) is 18.0. The zero-order valence-corrected chi connectivity index (χ0v) is 16.8. The van der Waals surface area contributed by atoms with Gasteiger partial charge in [0.2, 0.25) is 10.0 Å². The fraction of sp³-hybridized carbons (Fsp3) is 0.333. The van der Waals surface area contributed by atoms with Crippen LogP contribution in [0.5, 0.6) is 0 Å². The van der Waals surface area contributed by atoms with Crippen LogP contribution in [0.1, 0.15) is 9.67 Å². The number of aromatic nitrogens is 1. The lowest BCUT2D eigenvalue weighted by atomic mass is 10.4. The molecule has 0 saturated carbocycles. The average molecular weight is 436 g/mol. The molecular formula is C15H15Cl2N3O4S2. The summed E-state index contributed by atoms with van der Waals surface area (Å²) in [6, 6.07) is 4.60. The van der Waals surface area contributed by atoms with Crippen molar-refractivity contribution in [3.05, 3.63) is 39.3 Å². The first-order chi connectivity index (χ1) is 12.3. The molecule has 1 saturated heterocycles. The van der Waals surface area contributed by atoms with Crippen molar-refractivity contribution in [3.8, 4) is 0 Å². The minimum atomic E-state index is -3.79. The number of carbonyl (C=O) groups is 1. The number of benzene rings is 1. The molecule has 26 heavy (non-hydrogen) atoms. The van der Waals surface area contributed by atoms with Crippen molar-refractivity contribution in [1.29, 1.82) is 0 Å². The second-order valence-electron chi connectivity index (χ2n) is 5.44. The molecule has 0 radical (unpaired) electrons. The predicted octanol–water partition coefficient (Wildman–Crippen LogP) is 2.75. The third kappa shape index (κ3) is 3.67. The lowest BCUT2D eigenvalue weighted by Gasteiger charge is -2.34.